The molecule has 0 aromatic heterocycles. The third-order valence-corrected chi connectivity index (χ3v) is 3.90. The molecule has 1 aliphatic rings. The van der Waals surface area contributed by atoms with Crippen LogP contribution in [0.25, 0.3) is 0 Å². The van der Waals surface area contributed by atoms with Gasteiger partial charge in [-0.3, -0.25) is 0 Å². The predicted octanol–water partition coefficient (Wildman–Crippen LogP) is 3.64. The first-order valence-electron chi connectivity index (χ1n) is 6.45. The summed E-state index contributed by atoms with van der Waals surface area (Å²) >= 11 is 0. The van der Waals surface area contributed by atoms with Crippen molar-refractivity contribution in [3.05, 3.63) is 29.8 Å². The smallest absolute Gasteiger partial charge is 0.115 e. The normalized spacial score (nSPS) is 25.5. The molecule has 0 heterocycles. The van der Waals surface area contributed by atoms with Crippen LogP contribution in [0, 0.1) is 11.3 Å². The second kappa shape index (κ2) is 4.69. The largest absolute Gasteiger partial charge is 0.508 e. The molecule has 0 radical (unpaired) electrons. The number of rotatable bonds is 2. The molecule has 2 heteroatoms. The van der Waals surface area contributed by atoms with E-state index in [9.17, 15) is 10.2 Å². The molecule has 1 fully saturated rings. The van der Waals surface area contributed by atoms with Crippen LogP contribution in [0.1, 0.15) is 51.2 Å². The molecule has 1 saturated carbocycles. The van der Waals surface area contributed by atoms with Gasteiger partial charge in [0.25, 0.3) is 0 Å². The molecular formula is C15H22O2. The zero-order chi connectivity index (χ0) is 12.5. The highest BCUT2D eigenvalue weighted by Crippen LogP contribution is 2.43. The molecule has 2 nitrogen and oxygen atoms in total. The van der Waals surface area contributed by atoms with Crippen LogP contribution in [0.3, 0.4) is 0 Å². The topological polar surface area (TPSA) is 40.5 Å². The van der Waals surface area contributed by atoms with Crippen molar-refractivity contribution in [3.63, 3.8) is 0 Å². The van der Waals surface area contributed by atoms with Gasteiger partial charge in [-0.05, 0) is 48.3 Å². The Hall–Kier alpha value is -1.02. The lowest BCUT2D eigenvalue weighted by atomic mass is 9.70. The fraction of sp³-hybridized carbons (Fsp3) is 0.600. The lowest BCUT2D eigenvalue weighted by molar-refractivity contribution is 0.0459. The van der Waals surface area contributed by atoms with Gasteiger partial charge in [-0.25, -0.2) is 0 Å². The monoisotopic (exact) mass is 234 g/mol. The predicted molar refractivity (Wildman–Crippen MR) is 68.8 cm³/mol. The molecular weight excluding hydrogens is 212 g/mol. The summed E-state index contributed by atoms with van der Waals surface area (Å²) in [6.45, 7) is 4.54. The fourth-order valence-electron chi connectivity index (χ4n) is 3.01. The van der Waals surface area contributed by atoms with Crippen molar-refractivity contribution < 1.29 is 10.2 Å². The number of phenolic OH excluding ortho intramolecular Hbond substituents is 1. The van der Waals surface area contributed by atoms with E-state index in [0.29, 0.717) is 11.3 Å². The number of aliphatic hydroxyl groups excluding tert-OH is 1. The van der Waals surface area contributed by atoms with E-state index in [-0.39, 0.29) is 5.75 Å². The van der Waals surface area contributed by atoms with E-state index in [1.54, 1.807) is 18.2 Å². The molecule has 2 atom stereocenters. The molecule has 0 bridgehead atoms. The molecule has 2 rings (SSSR count). The van der Waals surface area contributed by atoms with Crippen LogP contribution < -0.4 is 0 Å². The van der Waals surface area contributed by atoms with Crippen molar-refractivity contribution >= 4 is 0 Å². The van der Waals surface area contributed by atoms with Crippen molar-refractivity contribution in [2.24, 2.45) is 11.3 Å². The number of phenols is 1. The maximum absolute atomic E-state index is 10.4. The van der Waals surface area contributed by atoms with Gasteiger partial charge >= 0.3 is 0 Å². The summed E-state index contributed by atoms with van der Waals surface area (Å²) in [6, 6.07) is 7.00. The lowest BCUT2D eigenvalue weighted by Crippen LogP contribution is -2.26. The average molecular weight is 234 g/mol. The molecule has 17 heavy (non-hydrogen) atoms. The molecule has 0 unspecified atom stereocenters. The van der Waals surface area contributed by atoms with Crippen molar-refractivity contribution in [2.75, 3.05) is 0 Å². The van der Waals surface area contributed by atoms with Gasteiger partial charge in [0.15, 0.2) is 0 Å². The second-order valence-electron chi connectivity index (χ2n) is 6.06. The molecule has 1 aromatic rings. The van der Waals surface area contributed by atoms with E-state index < -0.39 is 6.10 Å². The maximum Gasteiger partial charge on any atom is 0.115 e. The first-order valence-corrected chi connectivity index (χ1v) is 6.45. The van der Waals surface area contributed by atoms with Crippen LogP contribution in [0.5, 0.6) is 5.75 Å². The summed E-state index contributed by atoms with van der Waals surface area (Å²) in [7, 11) is 0. The van der Waals surface area contributed by atoms with Gasteiger partial charge in [-0.1, -0.05) is 32.4 Å². The molecule has 94 valence electrons. The summed E-state index contributed by atoms with van der Waals surface area (Å²) in [5, 5.41) is 19.8. The summed E-state index contributed by atoms with van der Waals surface area (Å²) < 4.78 is 0. The third-order valence-electron chi connectivity index (χ3n) is 3.90. The van der Waals surface area contributed by atoms with Crippen LogP contribution in [0.15, 0.2) is 24.3 Å². The Morgan fingerprint density at radius 3 is 2.76 bits per heavy atom. The van der Waals surface area contributed by atoms with Gasteiger partial charge in [0.2, 0.25) is 0 Å². The highest BCUT2D eigenvalue weighted by molar-refractivity contribution is 5.29. The highest BCUT2D eigenvalue weighted by atomic mass is 16.3. The lowest BCUT2D eigenvalue weighted by Gasteiger charge is -2.37. The van der Waals surface area contributed by atoms with Gasteiger partial charge in [-0.15, -0.1) is 0 Å². The number of aromatic hydroxyl groups is 1. The summed E-state index contributed by atoms with van der Waals surface area (Å²) in [5.41, 5.74) is 1.17. The molecule has 1 aliphatic carbocycles. The van der Waals surface area contributed by atoms with Crippen molar-refractivity contribution in [2.45, 2.75) is 45.6 Å². The van der Waals surface area contributed by atoms with Gasteiger partial charge in [0.05, 0.1) is 6.10 Å². The maximum atomic E-state index is 10.4. The third kappa shape index (κ3) is 3.01. The second-order valence-corrected chi connectivity index (χ2v) is 6.06. The molecule has 0 aliphatic heterocycles. The minimum Gasteiger partial charge on any atom is -0.508 e. The quantitative estimate of drug-likeness (QED) is 0.820. The van der Waals surface area contributed by atoms with Crippen molar-refractivity contribution in [3.8, 4) is 5.75 Å². The first kappa shape index (κ1) is 12.4. The minimum atomic E-state index is -0.443. The standard InChI is InChI=1S/C15H22O2/c1-15(2)8-4-6-12(10-15)14(17)11-5-3-7-13(16)9-11/h3,5,7,9,12,14,16-17H,4,6,8,10H2,1-2H3/t12-,14+/m0/s1. The number of aliphatic hydroxyl groups is 1. The van der Waals surface area contributed by atoms with Gasteiger partial charge in [0, 0.05) is 0 Å². The van der Waals surface area contributed by atoms with E-state index in [2.05, 4.69) is 13.8 Å². The zero-order valence-corrected chi connectivity index (χ0v) is 10.7. The Labute approximate surface area is 103 Å². The van der Waals surface area contributed by atoms with E-state index >= 15 is 0 Å². The van der Waals surface area contributed by atoms with Crippen LogP contribution in [0.4, 0.5) is 0 Å². The van der Waals surface area contributed by atoms with Crippen LogP contribution in [0.2, 0.25) is 0 Å². The summed E-state index contributed by atoms with van der Waals surface area (Å²) in [4.78, 5) is 0. The molecule has 0 amide bonds. The zero-order valence-electron chi connectivity index (χ0n) is 10.7. The van der Waals surface area contributed by atoms with E-state index in [0.717, 1.165) is 18.4 Å². The van der Waals surface area contributed by atoms with E-state index in [1.165, 1.54) is 12.8 Å². The Kier molecular flexibility index (Phi) is 3.43. The van der Waals surface area contributed by atoms with Crippen LogP contribution in [-0.4, -0.2) is 10.2 Å². The molecule has 2 N–H and O–H groups in total. The highest BCUT2D eigenvalue weighted by Gasteiger charge is 2.32. The Morgan fingerprint density at radius 2 is 2.12 bits per heavy atom. The molecule has 0 saturated heterocycles. The molecule has 1 aromatic carbocycles. The van der Waals surface area contributed by atoms with Crippen LogP contribution >= 0.6 is 0 Å². The first-order chi connectivity index (χ1) is 7.98. The van der Waals surface area contributed by atoms with Crippen molar-refractivity contribution in [1.29, 1.82) is 0 Å². The number of benzene rings is 1. The Morgan fingerprint density at radius 1 is 1.35 bits per heavy atom. The fourth-order valence-corrected chi connectivity index (χ4v) is 3.01. The summed E-state index contributed by atoms with van der Waals surface area (Å²) in [5.74, 6) is 0.553. The average Bonchev–Trinajstić information content (AvgIpc) is 2.26. The number of hydrogen-bond donors (Lipinski definition) is 2. The van der Waals surface area contributed by atoms with Gasteiger partial charge in [0.1, 0.15) is 5.75 Å². The van der Waals surface area contributed by atoms with E-state index in [4.69, 9.17) is 0 Å². The molecule has 0 spiro atoms. The van der Waals surface area contributed by atoms with Crippen LogP contribution in [-0.2, 0) is 0 Å². The number of hydrogen-bond acceptors (Lipinski definition) is 2. The van der Waals surface area contributed by atoms with Gasteiger partial charge in [-0.2, -0.15) is 0 Å². The van der Waals surface area contributed by atoms with E-state index in [1.807, 2.05) is 6.07 Å². The Bertz CT molecular complexity index is 384. The van der Waals surface area contributed by atoms with Crippen molar-refractivity contribution in [1.82, 2.24) is 0 Å². The summed E-state index contributed by atoms with van der Waals surface area (Å²) in [6.07, 6.45) is 4.13. The SMILES string of the molecule is CC1(C)CCC[C@H]([C@H](O)c2cccc(O)c2)C1. The minimum absolute atomic E-state index is 0.233. The van der Waals surface area contributed by atoms with Gasteiger partial charge < -0.3 is 10.2 Å². The Balaban J connectivity index is 2.12.